The molecule has 1 unspecified atom stereocenters. The van der Waals surface area contributed by atoms with Gasteiger partial charge in [-0.2, -0.15) is 15.0 Å². The fourth-order valence-electron chi connectivity index (χ4n) is 2.53. The molecular formula is C15H19N5O2. The molecule has 1 amide bonds. The van der Waals surface area contributed by atoms with Crippen molar-refractivity contribution in [2.75, 3.05) is 13.1 Å². The van der Waals surface area contributed by atoms with E-state index >= 15 is 0 Å². The number of rotatable bonds is 4. The lowest BCUT2D eigenvalue weighted by atomic mass is 10.2. The predicted molar refractivity (Wildman–Crippen MR) is 79.6 cm³/mol. The fraction of sp³-hybridized carbons (Fsp3) is 0.467. The molecule has 1 aliphatic rings. The van der Waals surface area contributed by atoms with Crippen LogP contribution < -0.4 is 4.74 Å². The summed E-state index contributed by atoms with van der Waals surface area (Å²) < 4.78 is 5.48. The Morgan fingerprint density at radius 1 is 1.32 bits per heavy atom. The largest absolute Gasteiger partial charge is 0.475 e. The summed E-state index contributed by atoms with van der Waals surface area (Å²) in [6.45, 7) is 5.20. The van der Waals surface area contributed by atoms with Gasteiger partial charge in [0.1, 0.15) is 0 Å². The van der Waals surface area contributed by atoms with Crippen LogP contribution >= 0.6 is 0 Å². The summed E-state index contributed by atoms with van der Waals surface area (Å²) in [4.78, 5) is 20.2. The maximum atomic E-state index is 12.5. The number of carbonyl (C=O) groups excluding carboxylic acids is 1. The number of carbonyl (C=O) groups is 1. The Hall–Kier alpha value is -2.44. The number of ether oxygens (including phenoxy) is 1. The van der Waals surface area contributed by atoms with Crippen LogP contribution in [0.1, 0.15) is 36.7 Å². The number of likely N-dealkylation sites (tertiary alicyclic amines) is 1. The minimum atomic E-state index is -0.0155. The molecule has 1 fully saturated rings. The summed E-state index contributed by atoms with van der Waals surface area (Å²) in [6, 6.07) is 3.64. The van der Waals surface area contributed by atoms with Crippen LogP contribution in [0, 0.1) is 0 Å². The van der Waals surface area contributed by atoms with E-state index in [0.717, 1.165) is 6.42 Å². The molecule has 2 aromatic rings. The first-order chi connectivity index (χ1) is 10.6. The topological polar surface area (TPSA) is 73.1 Å². The molecule has 1 aliphatic heterocycles. The highest BCUT2D eigenvalue weighted by atomic mass is 16.5. The third kappa shape index (κ3) is 3.08. The first-order valence-corrected chi connectivity index (χ1v) is 7.41. The van der Waals surface area contributed by atoms with Crippen LogP contribution in [-0.4, -0.2) is 50.0 Å². The van der Waals surface area contributed by atoms with Crippen molar-refractivity contribution in [3.8, 4) is 5.88 Å². The van der Waals surface area contributed by atoms with Gasteiger partial charge < -0.3 is 9.64 Å². The monoisotopic (exact) mass is 301 g/mol. The number of hydrogen-bond acceptors (Lipinski definition) is 5. The third-order valence-corrected chi connectivity index (χ3v) is 3.55. The summed E-state index contributed by atoms with van der Waals surface area (Å²) in [7, 11) is 0. The third-order valence-electron chi connectivity index (χ3n) is 3.55. The van der Waals surface area contributed by atoms with E-state index in [0.29, 0.717) is 24.5 Å². The lowest BCUT2D eigenvalue weighted by molar-refractivity contribution is 0.0785. The molecule has 0 N–H and O–H groups in total. The molecule has 0 saturated carbocycles. The highest BCUT2D eigenvalue weighted by Gasteiger charge is 2.29. The number of nitrogens with zero attached hydrogens (tertiary/aromatic N) is 5. The molecule has 0 radical (unpaired) electrons. The zero-order chi connectivity index (χ0) is 15.5. The minimum Gasteiger partial charge on any atom is -0.475 e. The molecule has 2 aromatic heterocycles. The summed E-state index contributed by atoms with van der Waals surface area (Å²) in [5.74, 6) is 0.518. The molecule has 3 rings (SSSR count). The second-order valence-electron chi connectivity index (χ2n) is 5.59. The summed E-state index contributed by atoms with van der Waals surface area (Å²) in [5.41, 5.74) is 0.574. The molecule has 22 heavy (non-hydrogen) atoms. The number of amides is 1. The van der Waals surface area contributed by atoms with E-state index in [-0.39, 0.29) is 18.1 Å². The van der Waals surface area contributed by atoms with Crippen LogP contribution in [0.3, 0.4) is 0 Å². The van der Waals surface area contributed by atoms with Crippen molar-refractivity contribution in [1.29, 1.82) is 0 Å². The molecule has 7 nitrogen and oxygen atoms in total. The van der Waals surface area contributed by atoms with Crippen LogP contribution in [0.25, 0.3) is 0 Å². The van der Waals surface area contributed by atoms with Gasteiger partial charge in [0.25, 0.3) is 5.91 Å². The zero-order valence-corrected chi connectivity index (χ0v) is 12.7. The average molecular weight is 301 g/mol. The van der Waals surface area contributed by atoms with Crippen molar-refractivity contribution in [3.63, 3.8) is 0 Å². The van der Waals surface area contributed by atoms with E-state index in [1.807, 2.05) is 18.7 Å². The van der Waals surface area contributed by atoms with Crippen molar-refractivity contribution < 1.29 is 9.53 Å². The van der Waals surface area contributed by atoms with Crippen LogP contribution in [0.15, 0.2) is 30.7 Å². The van der Waals surface area contributed by atoms with Crippen molar-refractivity contribution in [2.24, 2.45) is 0 Å². The van der Waals surface area contributed by atoms with Crippen LogP contribution in [0.5, 0.6) is 5.88 Å². The maximum Gasteiger partial charge on any atom is 0.255 e. The normalized spacial score (nSPS) is 18.0. The van der Waals surface area contributed by atoms with Gasteiger partial charge >= 0.3 is 0 Å². The van der Waals surface area contributed by atoms with E-state index in [9.17, 15) is 4.79 Å². The molecule has 116 valence electrons. The van der Waals surface area contributed by atoms with Crippen LogP contribution in [0.2, 0.25) is 0 Å². The van der Waals surface area contributed by atoms with E-state index < -0.39 is 0 Å². The standard InChI is InChI=1S/C15H19N5O2/c1-11(2)22-14-4-3-12(9-16-14)15(21)19-8-5-13(10-19)20-17-6-7-18-20/h3-4,6-7,9,11,13H,5,8,10H2,1-2H3. The first kappa shape index (κ1) is 14.5. The second-order valence-corrected chi connectivity index (χ2v) is 5.59. The predicted octanol–water partition coefficient (Wildman–Crippen LogP) is 1.55. The molecule has 0 spiro atoms. The highest BCUT2D eigenvalue weighted by Crippen LogP contribution is 2.22. The maximum absolute atomic E-state index is 12.5. The molecular weight excluding hydrogens is 282 g/mol. The van der Waals surface area contributed by atoms with Gasteiger partial charge in [-0.15, -0.1) is 0 Å². The van der Waals surface area contributed by atoms with Gasteiger partial charge in [0.2, 0.25) is 5.88 Å². The average Bonchev–Trinajstić information content (AvgIpc) is 3.18. The number of pyridine rings is 1. The summed E-state index contributed by atoms with van der Waals surface area (Å²) in [6.07, 6.45) is 5.81. The first-order valence-electron chi connectivity index (χ1n) is 7.41. The van der Waals surface area contributed by atoms with Gasteiger partial charge in [-0.3, -0.25) is 4.79 Å². The molecule has 0 aromatic carbocycles. The summed E-state index contributed by atoms with van der Waals surface area (Å²) >= 11 is 0. The molecule has 1 saturated heterocycles. The summed E-state index contributed by atoms with van der Waals surface area (Å²) in [5, 5.41) is 8.29. The van der Waals surface area contributed by atoms with Gasteiger partial charge in [0, 0.05) is 25.4 Å². The lowest BCUT2D eigenvalue weighted by Crippen LogP contribution is -2.29. The molecule has 0 bridgehead atoms. The van der Waals surface area contributed by atoms with E-state index in [1.165, 1.54) is 0 Å². The quantitative estimate of drug-likeness (QED) is 0.856. The Labute approximate surface area is 128 Å². The van der Waals surface area contributed by atoms with Crippen LogP contribution in [-0.2, 0) is 0 Å². The number of hydrogen-bond donors (Lipinski definition) is 0. The van der Waals surface area contributed by atoms with E-state index in [1.54, 1.807) is 35.5 Å². The van der Waals surface area contributed by atoms with Crippen molar-refractivity contribution >= 4 is 5.91 Å². The Balaban J connectivity index is 1.64. The van der Waals surface area contributed by atoms with Gasteiger partial charge in [0.15, 0.2) is 0 Å². The molecule has 0 aliphatic carbocycles. The van der Waals surface area contributed by atoms with E-state index in [4.69, 9.17) is 4.74 Å². The second kappa shape index (κ2) is 6.13. The van der Waals surface area contributed by atoms with Gasteiger partial charge in [-0.25, -0.2) is 4.98 Å². The van der Waals surface area contributed by atoms with Crippen LogP contribution in [0.4, 0.5) is 0 Å². The molecule has 1 atom stereocenters. The highest BCUT2D eigenvalue weighted by molar-refractivity contribution is 5.94. The Kier molecular flexibility index (Phi) is 4.04. The molecule has 7 heteroatoms. The van der Waals surface area contributed by atoms with Gasteiger partial charge in [0.05, 0.1) is 30.1 Å². The van der Waals surface area contributed by atoms with Gasteiger partial charge in [-0.1, -0.05) is 0 Å². The number of aromatic nitrogens is 4. The SMILES string of the molecule is CC(C)Oc1ccc(C(=O)N2CCC(n3nccn3)C2)cn1. The van der Waals surface area contributed by atoms with E-state index in [2.05, 4.69) is 15.2 Å². The zero-order valence-electron chi connectivity index (χ0n) is 12.7. The lowest BCUT2D eigenvalue weighted by Gasteiger charge is -2.16. The Morgan fingerprint density at radius 3 is 2.73 bits per heavy atom. The van der Waals surface area contributed by atoms with Crippen molar-refractivity contribution in [1.82, 2.24) is 24.9 Å². The van der Waals surface area contributed by atoms with Crippen molar-refractivity contribution in [3.05, 3.63) is 36.3 Å². The van der Waals surface area contributed by atoms with Crippen molar-refractivity contribution in [2.45, 2.75) is 32.4 Å². The fourth-order valence-corrected chi connectivity index (χ4v) is 2.53. The Bertz CT molecular complexity index is 624. The Morgan fingerprint density at radius 2 is 2.09 bits per heavy atom. The van der Waals surface area contributed by atoms with Gasteiger partial charge in [-0.05, 0) is 26.3 Å². The smallest absolute Gasteiger partial charge is 0.255 e. The minimum absolute atomic E-state index is 0.0155. The molecule has 3 heterocycles.